The maximum atomic E-state index is 11.1. The lowest BCUT2D eigenvalue weighted by Gasteiger charge is -2.14. The Kier molecular flexibility index (Phi) is 3.76. The fourth-order valence-electron chi connectivity index (χ4n) is 1.78. The van der Waals surface area contributed by atoms with Gasteiger partial charge in [-0.1, -0.05) is 13.3 Å². The molecule has 0 radical (unpaired) electrons. The second-order valence-corrected chi connectivity index (χ2v) is 5.02. The Morgan fingerprint density at radius 3 is 3.00 bits per heavy atom. The van der Waals surface area contributed by atoms with Gasteiger partial charge in [0, 0.05) is 0 Å². The molecule has 18 heavy (non-hydrogen) atoms. The summed E-state index contributed by atoms with van der Waals surface area (Å²) in [5.41, 5.74) is 1.97. The average molecular weight is 265 g/mol. The molecule has 0 aliphatic heterocycles. The van der Waals surface area contributed by atoms with E-state index in [2.05, 4.69) is 15.3 Å². The van der Waals surface area contributed by atoms with Crippen LogP contribution in [0.3, 0.4) is 0 Å². The first kappa shape index (κ1) is 12.8. The highest BCUT2D eigenvalue weighted by Gasteiger charge is 2.18. The minimum atomic E-state index is -0.850. The number of aromatic nitrogens is 2. The van der Waals surface area contributed by atoms with E-state index >= 15 is 0 Å². The van der Waals surface area contributed by atoms with E-state index < -0.39 is 12.0 Å². The van der Waals surface area contributed by atoms with E-state index in [0.29, 0.717) is 12.2 Å². The molecule has 0 amide bonds. The first-order chi connectivity index (χ1) is 8.63. The van der Waals surface area contributed by atoms with Crippen molar-refractivity contribution >= 4 is 33.3 Å². The topological polar surface area (TPSA) is 75.1 Å². The number of anilines is 1. The maximum Gasteiger partial charge on any atom is 0.326 e. The Hall–Kier alpha value is -1.69. The lowest BCUT2D eigenvalue weighted by Crippen LogP contribution is -2.29. The van der Waals surface area contributed by atoms with Crippen LogP contribution in [0.15, 0.2) is 11.7 Å². The molecule has 1 unspecified atom stereocenters. The van der Waals surface area contributed by atoms with Gasteiger partial charge in [-0.2, -0.15) is 0 Å². The van der Waals surface area contributed by atoms with Crippen LogP contribution in [0, 0.1) is 6.92 Å². The minimum absolute atomic E-state index is 0.575. The number of hydrogen-bond donors (Lipinski definition) is 2. The molecule has 0 aliphatic carbocycles. The molecule has 0 saturated carbocycles. The van der Waals surface area contributed by atoms with Gasteiger partial charge in [0.05, 0.1) is 10.2 Å². The average Bonchev–Trinajstić information content (AvgIpc) is 2.72. The Morgan fingerprint density at radius 1 is 1.56 bits per heavy atom. The summed E-state index contributed by atoms with van der Waals surface area (Å²) in [6.45, 7) is 3.94. The highest BCUT2D eigenvalue weighted by molar-refractivity contribution is 7.18. The largest absolute Gasteiger partial charge is 0.480 e. The summed E-state index contributed by atoms with van der Waals surface area (Å²) in [6, 6.07) is -0.601. The molecular formula is C12H15N3O2S. The van der Waals surface area contributed by atoms with Crippen LogP contribution in [-0.2, 0) is 4.79 Å². The quantitative estimate of drug-likeness (QED) is 0.869. The third kappa shape index (κ3) is 2.43. The summed E-state index contributed by atoms with van der Waals surface area (Å²) >= 11 is 1.53. The van der Waals surface area contributed by atoms with Crippen LogP contribution in [-0.4, -0.2) is 27.1 Å². The molecule has 0 aromatic carbocycles. The standard InChI is InChI=1S/C12H15N3O2S/c1-3-4-8(12(16)17)15-11-10-9(13-6-14-11)7(2)5-18-10/h5-6,8H,3-4H2,1-2H3,(H,16,17)(H,13,14,15). The molecule has 2 aromatic rings. The van der Waals surface area contributed by atoms with Gasteiger partial charge in [0.2, 0.25) is 0 Å². The number of hydrogen-bond acceptors (Lipinski definition) is 5. The van der Waals surface area contributed by atoms with Crippen molar-refractivity contribution in [2.75, 3.05) is 5.32 Å². The predicted molar refractivity (Wildman–Crippen MR) is 72.1 cm³/mol. The maximum absolute atomic E-state index is 11.1. The number of rotatable bonds is 5. The van der Waals surface area contributed by atoms with Crippen LogP contribution in [0.25, 0.3) is 10.2 Å². The molecule has 2 rings (SSSR count). The molecule has 0 spiro atoms. The SMILES string of the molecule is CCCC(Nc1ncnc2c(C)csc12)C(=O)O. The number of thiophene rings is 1. The summed E-state index contributed by atoms with van der Waals surface area (Å²) < 4.78 is 0.914. The van der Waals surface area contributed by atoms with Crippen LogP contribution < -0.4 is 5.32 Å². The zero-order valence-corrected chi connectivity index (χ0v) is 11.1. The van der Waals surface area contributed by atoms with Crippen molar-refractivity contribution in [3.8, 4) is 0 Å². The van der Waals surface area contributed by atoms with E-state index in [1.165, 1.54) is 17.7 Å². The van der Waals surface area contributed by atoms with Crippen LogP contribution >= 0.6 is 11.3 Å². The monoisotopic (exact) mass is 265 g/mol. The first-order valence-electron chi connectivity index (χ1n) is 5.81. The van der Waals surface area contributed by atoms with E-state index in [9.17, 15) is 4.79 Å². The van der Waals surface area contributed by atoms with Crippen molar-refractivity contribution in [2.45, 2.75) is 32.7 Å². The molecule has 6 heteroatoms. The van der Waals surface area contributed by atoms with Crippen molar-refractivity contribution < 1.29 is 9.90 Å². The summed E-state index contributed by atoms with van der Waals surface area (Å²) in [7, 11) is 0. The zero-order chi connectivity index (χ0) is 13.1. The van der Waals surface area contributed by atoms with E-state index in [1.54, 1.807) is 0 Å². The first-order valence-corrected chi connectivity index (χ1v) is 6.69. The summed E-state index contributed by atoms with van der Waals surface area (Å²) in [5.74, 6) is -0.240. The lowest BCUT2D eigenvalue weighted by molar-refractivity contribution is -0.138. The van der Waals surface area contributed by atoms with E-state index in [4.69, 9.17) is 5.11 Å². The second-order valence-electron chi connectivity index (χ2n) is 4.14. The van der Waals surface area contributed by atoms with Crippen LogP contribution in [0.2, 0.25) is 0 Å². The predicted octanol–water partition coefficient (Wildman–Crippen LogP) is 2.66. The number of fused-ring (bicyclic) bond motifs is 1. The van der Waals surface area contributed by atoms with Crippen molar-refractivity contribution in [1.82, 2.24) is 9.97 Å². The van der Waals surface area contributed by atoms with Crippen molar-refractivity contribution in [1.29, 1.82) is 0 Å². The number of carbonyl (C=O) groups is 1. The van der Waals surface area contributed by atoms with Gasteiger partial charge in [0.15, 0.2) is 0 Å². The van der Waals surface area contributed by atoms with Crippen molar-refractivity contribution in [3.05, 3.63) is 17.3 Å². The van der Waals surface area contributed by atoms with E-state index in [0.717, 1.165) is 22.2 Å². The molecule has 0 fully saturated rings. The van der Waals surface area contributed by atoms with Gasteiger partial charge in [0.1, 0.15) is 18.2 Å². The molecule has 0 aliphatic rings. The number of carboxylic acid groups (broad SMARTS) is 1. The fraction of sp³-hybridized carbons (Fsp3) is 0.417. The Morgan fingerprint density at radius 2 is 2.33 bits per heavy atom. The number of nitrogens with one attached hydrogen (secondary N) is 1. The molecule has 2 aromatic heterocycles. The second kappa shape index (κ2) is 5.30. The van der Waals surface area contributed by atoms with Gasteiger partial charge in [-0.15, -0.1) is 11.3 Å². The number of aliphatic carboxylic acids is 1. The molecule has 1 atom stereocenters. The molecule has 0 bridgehead atoms. The van der Waals surface area contributed by atoms with Crippen LogP contribution in [0.5, 0.6) is 0 Å². The lowest BCUT2D eigenvalue weighted by atomic mass is 10.1. The van der Waals surface area contributed by atoms with Crippen LogP contribution in [0.1, 0.15) is 25.3 Å². The van der Waals surface area contributed by atoms with Crippen molar-refractivity contribution in [3.63, 3.8) is 0 Å². The number of aryl methyl sites for hydroxylation is 1. The van der Waals surface area contributed by atoms with Crippen LogP contribution in [0.4, 0.5) is 5.82 Å². The molecule has 2 heterocycles. The summed E-state index contributed by atoms with van der Waals surface area (Å²) in [4.78, 5) is 19.5. The third-order valence-corrected chi connectivity index (χ3v) is 3.81. The smallest absolute Gasteiger partial charge is 0.326 e. The highest BCUT2D eigenvalue weighted by atomic mass is 32.1. The molecule has 2 N–H and O–H groups in total. The fourth-order valence-corrected chi connectivity index (χ4v) is 2.74. The molecule has 96 valence electrons. The number of nitrogens with zero attached hydrogens (tertiary/aromatic N) is 2. The van der Waals surface area contributed by atoms with Gasteiger partial charge in [-0.3, -0.25) is 0 Å². The Bertz CT molecular complexity index is 567. The van der Waals surface area contributed by atoms with Gasteiger partial charge < -0.3 is 10.4 Å². The van der Waals surface area contributed by atoms with E-state index in [1.807, 2.05) is 19.2 Å². The molecule has 5 nitrogen and oxygen atoms in total. The van der Waals surface area contributed by atoms with Gasteiger partial charge in [-0.05, 0) is 24.3 Å². The Balaban J connectivity index is 2.33. The Labute approximate surface area is 109 Å². The van der Waals surface area contributed by atoms with Gasteiger partial charge >= 0.3 is 5.97 Å². The van der Waals surface area contributed by atoms with Gasteiger partial charge in [-0.25, -0.2) is 14.8 Å². The van der Waals surface area contributed by atoms with E-state index in [-0.39, 0.29) is 0 Å². The van der Waals surface area contributed by atoms with Crippen molar-refractivity contribution in [2.24, 2.45) is 0 Å². The molecule has 0 saturated heterocycles. The summed E-state index contributed by atoms with van der Waals surface area (Å²) in [5, 5.41) is 14.1. The minimum Gasteiger partial charge on any atom is -0.480 e. The van der Waals surface area contributed by atoms with Gasteiger partial charge in [0.25, 0.3) is 0 Å². The number of carboxylic acids is 1. The normalized spacial score (nSPS) is 12.6. The highest BCUT2D eigenvalue weighted by Crippen LogP contribution is 2.29. The zero-order valence-electron chi connectivity index (χ0n) is 10.3. The summed E-state index contributed by atoms with van der Waals surface area (Å²) in [6.07, 6.45) is 2.85. The molecular weight excluding hydrogens is 250 g/mol. The third-order valence-electron chi connectivity index (χ3n) is 2.72.